The van der Waals surface area contributed by atoms with Crippen molar-refractivity contribution in [2.24, 2.45) is 0 Å². The van der Waals surface area contributed by atoms with E-state index in [4.69, 9.17) is 0 Å². The lowest BCUT2D eigenvalue weighted by molar-refractivity contribution is -0.424. The molecule has 0 saturated carbocycles. The van der Waals surface area contributed by atoms with E-state index >= 15 is 0 Å². The van der Waals surface area contributed by atoms with Crippen molar-refractivity contribution in [3.05, 3.63) is 73.8 Å². The van der Waals surface area contributed by atoms with E-state index in [1.165, 1.54) is 24.3 Å². The zero-order valence-corrected chi connectivity index (χ0v) is 12.1. The fourth-order valence-electron chi connectivity index (χ4n) is 2.09. The summed E-state index contributed by atoms with van der Waals surface area (Å²) in [6.07, 6.45) is -5.30. The van der Waals surface area contributed by atoms with Crippen molar-refractivity contribution in [1.82, 2.24) is 0 Å². The molecule has 0 aromatic heterocycles. The first-order valence-corrected chi connectivity index (χ1v) is 6.52. The number of alkyl halides is 3. The van der Waals surface area contributed by atoms with Crippen molar-refractivity contribution >= 4 is 23.0 Å². The molecule has 0 unspecified atom stereocenters. The molecule has 2 aromatic rings. The van der Waals surface area contributed by atoms with Gasteiger partial charge in [-0.15, -0.1) is 0 Å². The minimum Gasteiger partial charge on any atom is -0.321 e. The Hall–Kier alpha value is -3.50. The van der Waals surface area contributed by atoms with Gasteiger partial charge in [0.25, 0.3) is 5.91 Å². The van der Waals surface area contributed by atoms with E-state index in [0.717, 1.165) is 0 Å². The van der Waals surface area contributed by atoms with Crippen LogP contribution in [0.1, 0.15) is 15.9 Å². The fraction of sp³-hybridized carbons (Fsp3) is 0.0714. The Balaban J connectivity index is 2.62. The number of halogens is 3. The van der Waals surface area contributed by atoms with Gasteiger partial charge in [-0.1, -0.05) is 18.2 Å². The average Bonchev–Trinajstić information content (AvgIpc) is 2.53. The van der Waals surface area contributed by atoms with Crippen molar-refractivity contribution in [1.29, 1.82) is 0 Å². The summed E-state index contributed by atoms with van der Waals surface area (Å²) < 4.78 is 39.9. The number of nitro groups is 2. The second-order valence-corrected chi connectivity index (χ2v) is 4.69. The molecular weight excluding hydrogens is 347 g/mol. The van der Waals surface area contributed by atoms with Crippen LogP contribution in [0.25, 0.3) is 0 Å². The van der Waals surface area contributed by atoms with Crippen LogP contribution in [0.3, 0.4) is 0 Å². The molecule has 0 bridgehead atoms. The molecule has 0 saturated heterocycles. The first-order valence-electron chi connectivity index (χ1n) is 6.52. The summed E-state index contributed by atoms with van der Waals surface area (Å²) in [5.41, 5.74) is -5.88. The van der Waals surface area contributed by atoms with E-state index in [0.29, 0.717) is 12.1 Å². The first-order chi connectivity index (χ1) is 11.6. The van der Waals surface area contributed by atoms with Gasteiger partial charge in [-0.05, 0) is 18.2 Å². The molecular formula is C14H8F3N3O5. The molecule has 0 aliphatic heterocycles. The lowest BCUT2D eigenvalue weighted by atomic mass is 10.1. The second kappa shape index (κ2) is 6.55. The van der Waals surface area contributed by atoms with Crippen LogP contribution >= 0.6 is 0 Å². The normalized spacial score (nSPS) is 11.0. The van der Waals surface area contributed by atoms with Crippen LogP contribution < -0.4 is 5.32 Å². The Morgan fingerprint density at radius 1 is 0.960 bits per heavy atom. The van der Waals surface area contributed by atoms with Crippen LogP contribution in [0, 0.1) is 20.2 Å². The maximum absolute atomic E-state index is 13.3. The molecule has 0 radical (unpaired) electrons. The SMILES string of the molecule is O=C(Nc1ccc([N+](=O)[O-])c([N+](=O)[O-])c1C(F)(F)F)c1ccccc1. The van der Waals surface area contributed by atoms with Crippen LogP contribution in [-0.4, -0.2) is 15.8 Å². The monoisotopic (exact) mass is 355 g/mol. The van der Waals surface area contributed by atoms with E-state index in [-0.39, 0.29) is 5.56 Å². The molecule has 2 rings (SSSR count). The van der Waals surface area contributed by atoms with Crippen LogP contribution in [0.5, 0.6) is 0 Å². The maximum Gasteiger partial charge on any atom is 0.425 e. The molecule has 11 heteroatoms. The topological polar surface area (TPSA) is 115 Å². The van der Waals surface area contributed by atoms with Gasteiger partial charge in [-0.3, -0.25) is 25.0 Å². The molecule has 0 fully saturated rings. The molecule has 0 spiro atoms. The lowest BCUT2D eigenvalue weighted by Crippen LogP contribution is -2.18. The number of nitrogens with zero attached hydrogens (tertiary/aromatic N) is 2. The zero-order valence-electron chi connectivity index (χ0n) is 12.1. The van der Waals surface area contributed by atoms with Gasteiger partial charge in [-0.2, -0.15) is 13.2 Å². The lowest BCUT2D eigenvalue weighted by Gasteiger charge is -2.14. The first kappa shape index (κ1) is 17.8. The molecule has 1 amide bonds. The van der Waals surface area contributed by atoms with E-state index in [1.54, 1.807) is 6.07 Å². The van der Waals surface area contributed by atoms with Crippen molar-refractivity contribution in [2.75, 3.05) is 5.32 Å². The van der Waals surface area contributed by atoms with Crippen LogP contribution in [0.15, 0.2) is 42.5 Å². The number of nitro benzene ring substituents is 2. The molecule has 0 heterocycles. The Labute approximate surface area is 137 Å². The van der Waals surface area contributed by atoms with Crippen molar-refractivity contribution < 1.29 is 27.8 Å². The van der Waals surface area contributed by atoms with Gasteiger partial charge in [0, 0.05) is 11.6 Å². The number of anilines is 1. The summed E-state index contributed by atoms with van der Waals surface area (Å²) in [7, 11) is 0. The molecule has 25 heavy (non-hydrogen) atoms. The number of rotatable bonds is 4. The van der Waals surface area contributed by atoms with E-state index in [1.807, 2.05) is 5.32 Å². The van der Waals surface area contributed by atoms with Gasteiger partial charge in [0.1, 0.15) is 0 Å². The number of benzene rings is 2. The largest absolute Gasteiger partial charge is 0.425 e. The summed E-state index contributed by atoms with van der Waals surface area (Å²) in [6.45, 7) is 0. The number of hydrogen-bond donors (Lipinski definition) is 1. The Bertz CT molecular complexity index is 853. The number of hydrogen-bond acceptors (Lipinski definition) is 5. The van der Waals surface area contributed by atoms with Gasteiger partial charge >= 0.3 is 17.6 Å². The minimum atomic E-state index is -5.30. The van der Waals surface area contributed by atoms with E-state index in [9.17, 15) is 38.2 Å². The Morgan fingerprint density at radius 3 is 2.04 bits per heavy atom. The smallest absolute Gasteiger partial charge is 0.321 e. The molecule has 8 nitrogen and oxygen atoms in total. The molecule has 0 aliphatic rings. The Kier molecular flexibility index (Phi) is 4.68. The number of carbonyl (C=O) groups excluding carboxylic acids is 1. The van der Waals surface area contributed by atoms with Crippen LogP contribution in [0.2, 0.25) is 0 Å². The number of amides is 1. The highest BCUT2D eigenvalue weighted by molar-refractivity contribution is 6.05. The fourth-order valence-corrected chi connectivity index (χ4v) is 2.09. The second-order valence-electron chi connectivity index (χ2n) is 4.69. The zero-order chi connectivity index (χ0) is 18.8. The summed E-state index contributed by atoms with van der Waals surface area (Å²) in [5.74, 6) is -0.950. The number of nitrogens with one attached hydrogen (secondary N) is 1. The van der Waals surface area contributed by atoms with Gasteiger partial charge in [0.05, 0.1) is 15.5 Å². The maximum atomic E-state index is 13.3. The molecule has 0 aliphatic carbocycles. The molecule has 130 valence electrons. The minimum absolute atomic E-state index is 0.0108. The summed E-state index contributed by atoms with van der Waals surface area (Å²) >= 11 is 0. The third kappa shape index (κ3) is 3.71. The highest BCUT2D eigenvalue weighted by Crippen LogP contribution is 2.45. The van der Waals surface area contributed by atoms with E-state index in [2.05, 4.69) is 0 Å². The number of carbonyl (C=O) groups is 1. The summed E-state index contributed by atoms with van der Waals surface area (Å²) in [6, 6.07) is 8.30. The van der Waals surface area contributed by atoms with E-state index < -0.39 is 44.6 Å². The molecule has 0 atom stereocenters. The predicted octanol–water partition coefficient (Wildman–Crippen LogP) is 3.77. The van der Waals surface area contributed by atoms with Gasteiger partial charge < -0.3 is 5.32 Å². The average molecular weight is 355 g/mol. The highest BCUT2D eigenvalue weighted by atomic mass is 19.4. The van der Waals surface area contributed by atoms with Crippen LogP contribution in [0.4, 0.5) is 30.2 Å². The highest BCUT2D eigenvalue weighted by Gasteiger charge is 2.46. The van der Waals surface area contributed by atoms with Crippen molar-refractivity contribution in [3.63, 3.8) is 0 Å². The molecule has 2 aromatic carbocycles. The third-order valence-corrected chi connectivity index (χ3v) is 3.10. The summed E-state index contributed by atoms with van der Waals surface area (Å²) in [4.78, 5) is 31.0. The van der Waals surface area contributed by atoms with Crippen molar-refractivity contribution in [3.8, 4) is 0 Å². The van der Waals surface area contributed by atoms with Crippen molar-refractivity contribution in [2.45, 2.75) is 6.18 Å². The van der Waals surface area contributed by atoms with Gasteiger partial charge in [-0.25, -0.2) is 0 Å². The van der Waals surface area contributed by atoms with Crippen LogP contribution in [-0.2, 0) is 6.18 Å². The standard InChI is InChI=1S/C14H8F3N3O5/c15-14(16,17)11-9(18-13(21)8-4-2-1-3-5-8)6-7-10(19(22)23)12(11)20(24)25/h1-7H,(H,18,21). The predicted molar refractivity (Wildman–Crippen MR) is 79.1 cm³/mol. The third-order valence-electron chi connectivity index (χ3n) is 3.10. The summed E-state index contributed by atoms with van der Waals surface area (Å²) in [5, 5.41) is 23.7. The Morgan fingerprint density at radius 2 is 1.56 bits per heavy atom. The van der Waals surface area contributed by atoms with Gasteiger partial charge in [0.15, 0.2) is 5.56 Å². The van der Waals surface area contributed by atoms with Gasteiger partial charge in [0.2, 0.25) is 0 Å². The quantitative estimate of drug-likeness (QED) is 0.662. The molecule has 1 N–H and O–H groups in total.